The van der Waals surface area contributed by atoms with Gasteiger partial charge in [-0.1, -0.05) is 0 Å². The van der Waals surface area contributed by atoms with Gasteiger partial charge < -0.3 is 20.7 Å². The number of nitrogens with zero attached hydrogens (tertiary/aromatic N) is 2. The number of ether oxygens (including phenoxy) is 1. The van der Waals surface area contributed by atoms with Gasteiger partial charge in [-0.15, -0.1) is 0 Å². The molecule has 1 aromatic rings. The SMILES string of the molecule is CCOc1c(N)nsc1N1CCC(CNC(C)=O)CC1. The molecule has 1 aliphatic rings. The number of aromatic nitrogens is 1. The van der Waals surface area contributed by atoms with E-state index in [1.54, 1.807) is 6.92 Å². The highest BCUT2D eigenvalue weighted by molar-refractivity contribution is 7.11. The maximum Gasteiger partial charge on any atom is 0.216 e. The third kappa shape index (κ3) is 3.53. The maximum absolute atomic E-state index is 10.9. The van der Waals surface area contributed by atoms with Crippen LogP contribution in [0.25, 0.3) is 0 Å². The Hall–Kier alpha value is -1.50. The molecule has 1 fully saturated rings. The van der Waals surface area contributed by atoms with Crippen molar-refractivity contribution in [3.8, 4) is 5.75 Å². The van der Waals surface area contributed by atoms with Gasteiger partial charge in [0.25, 0.3) is 0 Å². The Balaban J connectivity index is 1.92. The molecule has 0 aromatic carbocycles. The third-order valence-electron chi connectivity index (χ3n) is 3.49. The summed E-state index contributed by atoms with van der Waals surface area (Å²) in [6, 6.07) is 0. The van der Waals surface area contributed by atoms with Crippen molar-refractivity contribution in [2.45, 2.75) is 26.7 Å². The van der Waals surface area contributed by atoms with Crippen LogP contribution in [0.5, 0.6) is 5.75 Å². The number of hydrogen-bond acceptors (Lipinski definition) is 6. The van der Waals surface area contributed by atoms with Crippen LogP contribution in [0.2, 0.25) is 0 Å². The molecule has 0 aliphatic carbocycles. The molecule has 1 saturated heterocycles. The maximum atomic E-state index is 10.9. The van der Waals surface area contributed by atoms with Crippen molar-refractivity contribution in [3.63, 3.8) is 0 Å². The van der Waals surface area contributed by atoms with Crippen molar-refractivity contribution < 1.29 is 9.53 Å². The zero-order valence-electron chi connectivity index (χ0n) is 12.0. The number of nitrogens with one attached hydrogen (secondary N) is 1. The normalized spacial score (nSPS) is 16.2. The lowest BCUT2D eigenvalue weighted by molar-refractivity contribution is -0.119. The van der Waals surface area contributed by atoms with Gasteiger partial charge >= 0.3 is 0 Å². The molecular formula is C13H22N4O2S. The van der Waals surface area contributed by atoms with Crippen LogP contribution in [-0.2, 0) is 4.79 Å². The van der Waals surface area contributed by atoms with Gasteiger partial charge in [-0.3, -0.25) is 4.79 Å². The van der Waals surface area contributed by atoms with E-state index in [1.165, 1.54) is 11.5 Å². The predicted molar refractivity (Wildman–Crippen MR) is 81.3 cm³/mol. The van der Waals surface area contributed by atoms with Crippen molar-refractivity contribution in [2.75, 3.05) is 36.9 Å². The molecule has 0 saturated carbocycles. The molecule has 2 rings (SSSR count). The van der Waals surface area contributed by atoms with Gasteiger partial charge in [0.1, 0.15) is 0 Å². The highest BCUT2D eigenvalue weighted by Gasteiger charge is 2.24. The number of amides is 1. The summed E-state index contributed by atoms with van der Waals surface area (Å²) in [5, 5.41) is 3.92. The Kier molecular flexibility index (Phi) is 5.05. The Morgan fingerprint density at radius 3 is 2.85 bits per heavy atom. The van der Waals surface area contributed by atoms with Crippen LogP contribution >= 0.6 is 11.5 Å². The predicted octanol–water partition coefficient (Wildman–Crippen LogP) is 1.48. The van der Waals surface area contributed by atoms with Gasteiger partial charge in [0.2, 0.25) is 5.91 Å². The summed E-state index contributed by atoms with van der Waals surface area (Å²) < 4.78 is 9.78. The molecule has 112 valence electrons. The average molecular weight is 298 g/mol. The Morgan fingerprint density at radius 1 is 1.55 bits per heavy atom. The first-order valence-corrected chi connectivity index (χ1v) is 7.76. The van der Waals surface area contributed by atoms with Crippen LogP contribution in [0, 0.1) is 5.92 Å². The second kappa shape index (κ2) is 6.78. The first kappa shape index (κ1) is 14.9. The summed E-state index contributed by atoms with van der Waals surface area (Å²) >= 11 is 1.40. The molecule has 2 heterocycles. The monoisotopic (exact) mass is 298 g/mol. The standard InChI is InChI=1S/C13H22N4O2S/c1-3-19-11-12(14)16-20-13(11)17-6-4-10(5-7-17)8-15-9(2)18/h10H,3-8H2,1-2H3,(H2,14,16)(H,15,18). The quantitative estimate of drug-likeness (QED) is 0.860. The molecule has 0 unspecified atom stereocenters. The Morgan fingerprint density at radius 2 is 2.25 bits per heavy atom. The minimum absolute atomic E-state index is 0.0429. The third-order valence-corrected chi connectivity index (χ3v) is 4.39. The Labute approximate surface area is 123 Å². The van der Waals surface area contributed by atoms with Gasteiger partial charge in [-0.2, -0.15) is 4.37 Å². The lowest BCUT2D eigenvalue weighted by Gasteiger charge is -2.32. The van der Waals surface area contributed by atoms with Gasteiger partial charge in [0.15, 0.2) is 16.6 Å². The highest BCUT2D eigenvalue weighted by atomic mass is 32.1. The minimum atomic E-state index is 0.0429. The molecule has 1 aliphatic heterocycles. The van der Waals surface area contributed by atoms with Crippen molar-refractivity contribution in [3.05, 3.63) is 0 Å². The zero-order chi connectivity index (χ0) is 14.5. The van der Waals surface area contributed by atoms with E-state index in [9.17, 15) is 4.79 Å². The Bertz CT molecular complexity index is 455. The highest BCUT2D eigenvalue weighted by Crippen LogP contribution is 2.39. The van der Waals surface area contributed by atoms with Crippen LogP contribution in [0.3, 0.4) is 0 Å². The van der Waals surface area contributed by atoms with Crippen LogP contribution in [0.1, 0.15) is 26.7 Å². The molecule has 7 heteroatoms. The van der Waals surface area contributed by atoms with Crippen LogP contribution in [0.15, 0.2) is 0 Å². The van der Waals surface area contributed by atoms with E-state index < -0.39 is 0 Å². The molecule has 1 aromatic heterocycles. The largest absolute Gasteiger partial charge is 0.487 e. The minimum Gasteiger partial charge on any atom is -0.487 e. The van der Waals surface area contributed by atoms with Crippen LogP contribution in [-0.4, -0.2) is 36.5 Å². The van der Waals surface area contributed by atoms with Crippen LogP contribution < -0.4 is 20.7 Å². The first-order chi connectivity index (χ1) is 9.61. The summed E-state index contributed by atoms with van der Waals surface area (Å²) in [6.45, 7) is 6.77. The summed E-state index contributed by atoms with van der Waals surface area (Å²) in [5.41, 5.74) is 5.84. The molecule has 1 amide bonds. The number of carbonyl (C=O) groups excluding carboxylic acids is 1. The number of nitrogen functional groups attached to an aromatic ring is 1. The van der Waals surface area contributed by atoms with E-state index in [0.717, 1.165) is 43.2 Å². The van der Waals surface area contributed by atoms with E-state index in [0.29, 0.717) is 18.3 Å². The lowest BCUT2D eigenvalue weighted by atomic mass is 9.97. The molecule has 0 spiro atoms. The fourth-order valence-electron chi connectivity index (χ4n) is 2.39. The van der Waals surface area contributed by atoms with E-state index >= 15 is 0 Å². The van der Waals surface area contributed by atoms with Gasteiger partial charge in [0.05, 0.1) is 6.61 Å². The fraction of sp³-hybridized carbons (Fsp3) is 0.692. The van der Waals surface area contributed by atoms with Gasteiger partial charge in [-0.05, 0) is 37.2 Å². The van der Waals surface area contributed by atoms with E-state index in [-0.39, 0.29) is 5.91 Å². The van der Waals surface area contributed by atoms with E-state index in [4.69, 9.17) is 10.5 Å². The number of nitrogens with two attached hydrogens (primary N) is 1. The molecule has 6 nitrogen and oxygen atoms in total. The smallest absolute Gasteiger partial charge is 0.216 e. The zero-order valence-corrected chi connectivity index (χ0v) is 12.8. The molecule has 0 radical (unpaired) electrons. The average Bonchev–Trinajstić information content (AvgIpc) is 2.79. The second-order valence-corrected chi connectivity index (χ2v) is 5.75. The van der Waals surface area contributed by atoms with E-state index in [2.05, 4.69) is 14.6 Å². The first-order valence-electron chi connectivity index (χ1n) is 6.99. The number of hydrogen-bond donors (Lipinski definition) is 2. The summed E-state index contributed by atoms with van der Waals surface area (Å²) in [5.74, 6) is 1.79. The molecule has 0 bridgehead atoms. The van der Waals surface area contributed by atoms with Crippen molar-refractivity contribution in [1.29, 1.82) is 0 Å². The molecule has 0 atom stereocenters. The van der Waals surface area contributed by atoms with Crippen molar-refractivity contribution in [2.24, 2.45) is 5.92 Å². The van der Waals surface area contributed by atoms with Gasteiger partial charge in [-0.25, -0.2) is 0 Å². The number of rotatable bonds is 5. The van der Waals surface area contributed by atoms with E-state index in [1.807, 2.05) is 6.92 Å². The number of carbonyl (C=O) groups is 1. The second-order valence-electron chi connectivity index (χ2n) is 5.00. The van der Waals surface area contributed by atoms with Crippen molar-refractivity contribution >= 4 is 28.3 Å². The van der Waals surface area contributed by atoms with Crippen LogP contribution in [0.4, 0.5) is 10.8 Å². The number of anilines is 2. The summed E-state index contributed by atoms with van der Waals surface area (Å²) in [7, 11) is 0. The summed E-state index contributed by atoms with van der Waals surface area (Å²) in [4.78, 5) is 13.2. The molecule has 20 heavy (non-hydrogen) atoms. The number of piperidine rings is 1. The van der Waals surface area contributed by atoms with Crippen molar-refractivity contribution in [1.82, 2.24) is 9.69 Å². The fourth-order valence-corrected chi connectivity index (χ4v) is 3.21. The summed E-state index contributed by atoms with van der Waals surface area (Å²) in [6.07, 6.45) is 2.12. The molecular weight excluding hydrogens is 276 g/mol. The topological polar surface area (TPSA) is 80.5 Å². The molecule has 3 N–H and O–H groups in total. The lowest BCUT2D eigenvalue weighted by Crippen LogP contribution is -2.38. The van der Waals surface area contributed by atoms with Gasteiger partial charge in [0, 0.05) is 26.6 Å².